The van der Waals surface area contributed by atoms with Gasteiger partial charge in [-0.05, 0) is 35.9 Å². The van der Waals surface area contributed by atoms with Gasteiger partial charge in [-0.15, -0.1) is 0 Å². The normalized spacial score (nSPS) is 10.7. The third kappa shape index (κ3) is 4.59. The quantitative estimate of drug-likeness (QED) is 0.761. The van der Waals surface area contributed by atoms with Gasteiger partial charge in [0, 0.05) is 31.3 Å². The van der Waals surface area contributed by atoms with E-state index in [2.05, 4.69) is 0 Å². The number of rotatable bonds is 6. The molecule has 0 unspecified atom stereocenters. The summed E-state index contributed by atoms with van der Waals surface area (Å²) in [5, 5.41) is 0. The van der Waals surface area contributed by atoms with Gasteiger partial charge in [-0.3, -0.25) is 4.79 Å². The smallest absolute Gasteiger partial charge is 0.246 e. The zero-order chi connectivity index (χ0) is 17.5. The molecule has 2 aromatic carbocycles. The summed E-state index contributed by atoms with van der Waals surface area (Å²) in [6.45, 7) is 0.403. The standard InChI is InChI=1S/C19H20FNO3/c1-21(13-15-7-10-17(23-2)12-18(15)24-3)19(22)11-6-14-4-8-16(20)9-5-14/h4-12H,13H2,1-3H3/b11-6+. The lowest BCUT2D eigenvalue weighted by molar-refractivity contribution is -0.125. The fraction of sp³-hybridized carbons (Fsp3) is 0.211. The Bertz CT molecular complexity index is 726. The van der Waals surface area contributed by atoms with Crippen LogP contribution < -0.4 is 9.47 Å². The molecule has 126 valence electrons. The Morgan fingerprint density at radius 1 is 1.12 bits per heavy atom. The number of likely N-dealkylation sites (N-methyl/N-ethyl adjacent to an activating group) is 1. The van der Waals surface area contributed by atoms with Crippen molar-refractivity contribution in [2.24, 2.45) is 0 Å². The maximum Gasteiger partial charge on any atom is 0.246 e. The van der Waals surface area contributed by atoms with Crippen LogP contribution in [0.1, 0.15) is 11.1 Å². The molecule has 0 saturated carbocycles. The average molecular weight is 329 g/mol. The van der Waals surface area contributed by atoms with Gasteiger partial charge in [-0.2, -0.15) is 0 Å². The zero-order valence-corrected chi connectivity index (χ0v) is 14.0. The Morgan fingerprint density at radius 2 is 1.83 bits per heavy atom. The molecule has 0 aliphatic rings. The molecule has 5 heteroatoms. The monoisotopic (exact) mass is 329 g/mol. The molecule has 2 aromatic rings. The number of nitrogens with zero attached hydrogens (tertiary/aromatic N) is 1. The Labute approximate surface area is 141 Å². The van der Waals surface area contributed by atoms with Gasteiger partial charge in [0.15, 0.2) is 0 Å². The number of benzene rings is 2. The third-order valence-corrected chi connectivity index (χ3v) is 3.57. The van der Waals surface area contributed by atoms with E-state index in [0.717, 1.165) is 11.1 Å². The minimum atomic E-state index is -0.304. The second-order valence-corrected chi connectivity index (χ2v) is 5.26. The molecule has 4 nitrogen and oxygen atoms in total. The SMILES string of the molecule is COc1ccc(CN(C)C(=O)/C=C/c2ccc(F)cc2)c(OC)c1. The molecule has 24 heavy (non-hydrogen) atoms. The maximum atomic E-state index is 12.9. The summed E-state index contributed by atoms with van der Waals surface area (Å²) in [5.41, 5.74) is 1.64. The molecule has 0 heterocycles. The van der Waals surface area contributed by atoms with Crippen LogP contribution in [0.5, 0.6) is 11.5 Å². The molecule has 0 radical (unpaired) electrons. The summed E-state index contributed by atoms with van der Waals surface area (Å²) in [6.07, 6.45) is 3.12. The van der Waals surface area contributed by atoms with Crippen molar-refractivity contribution in [2.75, 3.05) is 21.3 Å². The Kier molecular flexibility index (Phi) is 5.95. The molecule has 0 aliphatic heterocycles. The van der Waals surface area contributed by atoms with Crippen LogP contribution in [0.25, 0.3) is 6.08 Å². The van der Waals surface area contributed by atoms with Crippen molar-refractivity contribution in [2.45, 2.75) is 6.54 Å². The molecule has 0 fully saturated rings. The first-order valence-electron chi connectivity index (χ1n) is 7.43. The number of carbonyl (C=O) groups excluding carboxylic acids is 1. The van der Waals surface area contributed by atoms with Crippen LogP contribution in [0.15, 0.2) is 48.5 Å². The highest BCUT2D eigenvalue weighted by Crippen LogP contribution is 2.25. The zero-order valence-electron chi connectivity index (χ0n) is 14.0. The number of methoxy groups -OCH3 is 2. The first kappa shape index (κ1) is 17.5. The number of ether oxygens (including phenoxy) is 2. The van der Waals surface area contributed by atoms with E-state index in [9.17, 15) is 9.18 Å². The number of hydrogen-bond acceptors (Lipinski definition) is 3. The molecular formula is C19H20FNO3. The Morgan fingerprint density at radius 3 is 2.46 bits per heavy atom. The second kappa shape index (κ2) is 8.15. The van der Waals surface area contributed by atoms with E-state index >= 15 is 0 Å². The fourth-order valence-corrected chi connectivity index (χ4v) is 2.18. The third-order valence-electron chi connectivity index (χ3n) is 3.57. The lowest BCUT2D eigenvalue weighted by atomic mass is 10.1. The van der Waals surface area contributed by atoms with E-state index in [4.69, 9.17) is 9.47 Å². The number of carbonyl (C=O) groups is 1. The first-order valence-corrected chi connectivity index (χ1v) is 7.43. The number of hydrogen-bond donors (Lipinski definition) is 0. The Balaban J connectivity index is 2.04. The first-order chi connectivity index (χ1) is 11.5. The van der Waals surface area contributed by atoms with Crippen LogP contribution in [-0.4, -0.2) is 32.1 Å². The molecule has 0 saturated heterocycles. The summed E-state index contributed by atoms with van der Waals surface area (Å²) in [6, 6.07) is 11.4. The molecule has 0 aliphatic carbocycles. The van der Waals surface area contributed by atoms with Crippen molar-refractivity contribution in [3.05, 3.63) is 65.5 Å². The predicted molar refractivity (Wildman–Crippen MR) is 91.5 cm³/mol. The van der Waals surface area contributed by atoms with Crippen molar-refractivity contribution < 1.29 is 18.7 Å². The molecule has 0 atom stereocenters. The van der Waals surface area contributed by atoms with Gasteiger partial charge in [-0.25, -0.2) is 4.39 Å². The molecule has 1 amide bonds. The summed E-state index contributed by atoms with van der Waals surface area (Å²) in [4.78, 5) is 13.8. The number of amides is 1. The summed E-state index contributed by atoms with van der Waals surface area (Å²) in [5.74, 6) is 0.900. The minimum Gasteiger partial charge on any atom is -0.497 e. The van der Waals surface area contributed by atoms with E-state index in [1.54, 1.807) is 50.4 Å². The van der Waals surface area contributed by atoms with Gasteiger partial charge in [0.05, 0.1) is 14.2 Å². The maximum absolute atomic E-state index is 12.9. The van der Waals surface area contributed by atoms with E-state index in [1.807, 2.05) is 12.1 Å². The van der Waals surface area contributed by atoms with Gasteiger partial charge in [0.2, 0.25) is 5.91 Å². The average Bonchev–Trinajstić information content (AvgIpc) is 2.61. The van der Waals surface area contributed by atoms with E-state index in [0.29, 0.717) is 18.0 Å². The van der Waals surface area contributed by atoms with Gasteiger partial charge < -0.3 is 14.4 Å². The molecule has 0 N–H and O–H groups in total. The second-order valence-electron chi connectivity index (χ2n) is 5.26. The lowest BCUT2D eigenvalue weighted by Crippen LogP contribution is -2.24. The molecule has 0 bridgehead atoms. The van der Waals surface area contributed by atoms with Crippen molar-refractivity contribution in [1.82, 2.24) is 4.90 Å². The van der Waals surface area contributed by atoms with Crippen LogP contribution in [-0.2, 0) is 11.3 Å². The van der Waals surface area contributed by atoms with Crippen molar-refractivity contribution in [1.29, 1.82) is 0 Å². The minimum absolute atomic E-state index is 0.155. The van der Waals surface area contributed by atoms with Crippen LogP contribution in [0.2, 0.25) is 0 Å². The van der Waals surface area contributed by atoms with Gasteiger partial charge in [0.1, 0.15) is 17.3 Å². The van der Waals surface area contributed by atoms with Crippen LogP contribution >= 0.6 is 0 Å². The van der Waals surface area contributed by atoms with Crippen LogP contribution in [0, 0.1) is 5.82 Å². The van der Waals surface area contributed by atoms with E-state index in [-0.39, 0.29) is 11.7 Å². The number of halogens is 1. The van der Waals surface area contributed by atoms with Gasteiger partial charge in [0.25, 0.3) is 0 Å². The largest absolute Gasteiger partial charge is 0.497 e. The van der Waals surface area contributed by atoms with E-state index in [1.165, 1.54) is 18.2 Å². The van der Waals surface area contributed by atoms with Gasteiger partial charge in [-0.1, -0.05) is 12.1 Å². The molecule has 0 spiro atoms. The van der Waals surface area contributed by atoms with E-state index < -0.39 is 0 Å². The molecule has 0 aromatic heterocycles. The Hall–Kier alpha value is -2.82. The van der Waals surface area contributed by atoms with Gasteiger partial charge >= 0.3 is 0 Å². The molecule has 2 rings (SSSR count). The van der Waals surface area contributed by atoms with Crippen LogP contribution in [0.3, 0.4) is 0 Å². The lowest BCUT2D eigenvalue weighted by Gasteiger charge is -2.17. The summed E-state index contributed by atoms with van der Waals surface area (Å²) in [7, 11) is 4.87. The summed E-state index contributed by atoms with van der Waals surface area (Å²) < 4.78 is 23.4. The highest BCUT2D eigenvalue weighted by Gasteiger charge is 2.11. The predicted octanol–water partition coefficient (Wildman–Crippen LogP) is 3.51. The highest BCUT2D eigenvalue weighted by molar-refractivity contribution is 5.91. The van der Waals surface area contributed by atoms with Crippen molar-refractivity contribution >= 4 is 12.0 Å². The van der Waals surface area contributed by atoms with Crippen molar-refractivity contribution in [3.63, 3.8) is 0 Å². The van der Waals surface area contributed by atoms with Crippen molar-refractivity contribution in [3.8, 4) is 11.5 Å². The highest BCUT2D eigenvalue weighted by atomic mass is 19.1. The molecular weight excluding hydrogens is 309 g/mol. The summed E-state index contributed by atoms with van der Waals surface area (Å²) >= 11 is 0. The fourth-order valence-electron chi connectivity index (χ4n) is 2.18. The topological polar surface area (TPSA) is 38.8 Å². The van der Waals surface area contributed by atoms with Crippen LogP contribution in [0.4, 0.5) is 4.39 Å².